The zero-order valence-electron chi connectivity index (χ0n) is 11.4. The van der Waals surface area contributed by atoms with Gasteiger partial charge in [0.15, 0.2) is 0 Å². The third-order valence-corrected chi connectivity index (χ3v) is 5.22. The summed E-state index contributed by atoms with van der Waals surface area (Å²) in [6.45, 7) is 0. The molecule has 1 aliphatic rings. The Balaban J connectivity index is 1.98. The van der Waals surface area contributed by atoms with Gasteiger partial charge >= 0.3 is 0 Å². The molecular formula is C16H20BrClF2. The Kier molecular flexibility index (Phi) is 6.28. The van der Waals surface area contributed by atoms with Gasteiger partial charge in [-0.3, -0.25) is 0 Å². The maximum atomic E-state index is 12.9. The standard InChI is InChI=1S/C16H20BrClF2/c17-9-1-2-11-3-5-12(6-4-11)13-7-8-15(18)14(10-13)16(19)20/h7-8,10-12,16H,1-6,9H2/t11-,12-. The lowest BCUT2D eigenvalue weighted by Gasteiger charge is -2.29. The molecule has 4 heteroatoms. The number of rotatable bonds is 5. The van der Waals surface area contributed by atoms with E-state index in [1.807, 2.05) is 6.07 Å². The molecule has 0 saturated heterocycles. The molecule has 0 radical (unpaired) electrons. The van der Waals surface area contributed by atoms with Crippen molar-refractivity contribution in [2.24, 2.45) is 5.92 Å². The van der Waals surface area contributed by atoms with Crippen LogP contribution in [0.5, 0.6) is 0 Å². The van der Waals surface area contributed by atoms with E-state index in [2.05, 4.69) is 15.9 Å². The highest BCUT2D eigenvalue weighted by Gasteiger charge is 2.23. The van der Waals surface area contributed by atoms with Crippen molar-refractivity contribution >= 4 is 27.5 Å². The summed E-state index contributed by atoms with van der Waals surface area (Å²) in [5.41, 5.74) is 1.01. The van der Waals surface area contributed by atoms with Crippen LogP contribution in [0.4, 0.5) is 8.78 Å². The molecule has 0 nitrogen and oxygen atoms in total. The maximum Gasteiger partial charge on any atom is 0.265 e. The third kappa shape index (κ3) is 4.17. The predicted octanol–water partition coefficient (Wildman–Crippen LogP) is 6.73. The number of alkyl halides is 3. The zero-order valence-corrected chi connectivity index (χ0v) is 13.8. The summed E-state index contributed by atoms with van der Waals surface area (Å²) < 4.78 is 25.8. The van der Waals surface area contributed by atoms with E-state index in [0.717, 1.165) is 29.7 Å². The average Bonchev–Trinajstić information content (AvgIpc) is 2.46. The Morgan fingerprint density at radius 2 is 1.90 bits per heavy atom. The van der Waals surface area contributed by atoms with Crippen LogP contribution in [0.25, 0.3) is 0 Å². The molecule has 1 saturated carbocycles. The van der Waals surface area contributed by atoms with Gasteiger partial charge in [0.25, 0.3) is 6.43 Å². The number of halogens is 4. The number of hydrogen-bond donors (Lipinski definition) is 0. The van der Waals surface area contributed by atoms with E-state index >= 15 is 0 Å². The first-order valence-corrected chi connectivity index (χ1v) is 8.75. The molecule has 0 spiro atoms. The molecule has 0 aromatic heterocycles. The summed E-state index contributed by atoms with van der Waals surface area (Å²) in [4.78, 5) is 0. The summed E-state index contributed by atoms with van der Waals surface area (Å²) in [5.74, 6) is 1.23. The molecule has 0 atom stereocenters. The first kappa shape index (κ1) is 16.2. The summed E-state index contributed by atoms with van der Waals surface area (Å²) >= 11 is 9.30. The lowest BCUT2D eigenvalue weighted by Crippen LogP contribution is -2.13. The van der Waals surface area contributed by atoms with Gasteiger partial charge in [-0.15, -0.1) is 0 Å². The molecule has 2 rings (SSSR count). The first-order valence-electron chi connectivity index (χ1n) is 7.25. The summed E-state index contributed by atoms with van der Waals surface area (Å²) in [6.07, 6.45) is 4.66. The van der Waals surface area contributed by atoms with Crippen molar-refractivity contribution in [3.8, 4) is 0 Å². The highest BCUT2D eigenvalue weighted by atomic mass is 79.9. The molecule has 0 N–H and O–H groups in total. The highest BCUT2D eigenvalue weighted by molar-refractivity contribution is 9.09. The van der Waals surface area contributed by atoms with Gasteiger partial charge in [-0.25, -0.2) is 8.78 Å². The Bertz CT molecular complexity index is 428. The third-order valence-electron chi connectivity index (χ3n) is 4.32. The van der Waals surface area contributed by atoms with Crippen LogP contribution in [0.2, 0.25) is 5.02 Å². The van der Waals surface area contributed by atoms with Gasteiger partial charge in [-0.1, -0.05) is 33.6 Å². The van der Waals surface area contributed by atoms with E-state index < -0.39 is 6.43 Å². The maximum absolute atomic E-state index is 12.9. The second-order valence-electron chi connectivity index (χ2n) is 5.63. The van der Waals surface area contributed by atoms with Gasteiger partial charge in [-0.2, -0.15) is 0 Å². The first-order chi connectivity index (χ1) is 9.61. The molecule has 0 amide bonds. The molecule has 1 aliphatic carbocycles. The van der Waals surface area contributed by atoms with E-state index in [0.29, 0.717) is 5.92 Å². The van der Waals surface area contributed by atoms with Crippen molar-refractivity contribution < 1.29 is 8.78 Å². The second-order valence-corrected chi connectivity index (χ2v) is 6.83. The van der Waals surface area contributed by atoms with Gasteiger partial charge in [-0.05, 0) is 68.1 Å². The van der Waals surface area contributed by atoms with Crippen LogP contribution in [-0.2, 0) is 0 Å². The molecule has 0 heterocycles. The van der Waals surface area contributed by atoms with E-state index in [-0.39, 0.29) is 10.6 Å². The Morgan fingerprint density at radius 3 is 2.50 bits per heavy atom. The quantitative estimate of drug-likeness (QED) is 0.508. The fraction of sp³-hybridized carbons (Fsp3) is 0.625. The normalized spacial score (nSPS) is 23.2. The summed E-state index contributed by atoms with van der Waals surface area (Å²) in [7, 11) is 0. The van der Waals surface area contributed by atoms with Gasteiger partial charge in [0.2, 0.25) is 0 Å². The van der Waals surface area contributed by atoms with Crippen LogP contribution in [0.1, 0.15) is 62.0 Å². The summed E-state index contributed by atoms with van der Waals surface area (Å²) in [5, 5.41) is 1.25. The topological polar surface area (TPSA) is 0 Å². The Morgan fingerprint density at radius 1 is 1.20 bits per heavy atom. The molecule has 20 heavy (non-hydrogen) atoms. The van der Waals surface area contributed by atoms with Crippen molar-refractivity contribution in [3.63, 3.8) is 0 Å². The molecule has 1 fully saturated rings. The lowest BCUT2D eigenvalue weighted by atomic mass is 9.77. The zero-order chi connectivity index (χ0) is 14.5. The van der Waals surface area contributed by atoms with E-state index in [4.69, 9.17) is 11.6 Å². The molecule has 0 aliphatic heterocycles. The van der Waals surface area contributed by atoms with Crippen LogP contribution in [0.15, 0.2) is 18.2 Å². The Hall–Kier alpha value is -0.150. The minimum absolute atomic E-state index is 0.0226. The van der Waals surface area contributed by atoms with Gasteiger partial charge in [0, 0.05) is 15.9 Å². The summed E-state index contributed by atoms with van der Waals surface area (Å²) in [6, 6.07) is 5.14. The number of hydrogen-bond acceptors (Lipinski definition) is 0. The highest BCUT2D eigenvalue weighted by Crippen LogP contribution is 2.39. The van der Waals surface area contributed by atoms with Crippen molar-refractivity contribution in [1.29, 1.82) is 0 Å². The van der Waals surface area contributed by atoms with Crippen molar-refractivity contribution in [1.82, 2.24) is 0 Å². The lowest BCUT2D eigenvalue weighted by molar-refractivity contribution is 0.151. The van der Waals surface area contributed by atoms with Gasteiger partial charge in [0.05, 0.1) is 0 Å². The van der Waals surface area contributed by atoms with Crippen molar-refractivity contribution in [2.75, 3.05) is 5.33 Å². The average molecular weight is 366 g/mol. The minimum atomic E-state index is -2.49. The largest absolute Gasteiger partial charge is 0.265 e. The SMILES string of the molecule is FC(F)c1cc([C@H]2CC[C@H](CCCBr)CC2)ccc1Cl. The van der Waals surface area contributed by atoms with Gasteiger partial charge < -0.3 is 0 Å². The van der Waals surface area contributed by atoms with Gasteiger partial charge in [0.1, 0.15) is 0 Å². The van der Waals surface area contributed by atoms with Crippen molar-refractivity contribution in [3.05, 3.63) is 34.3 Å². The van der Waals surface area contributed by atoms with Crippen molar-refractivity contribution in [2.45, 2.75) is 50.9 Å². The fourth-order valence-corrected chi connectivity index (χ4v) is 3.66. The molecule has 1 aromatic carbocycles. The molecule has 0 unspecified atom stereocenters. The monoisotopic (exact) mass is 364 g/mol. The molecule has 112 valence electrons. The van der Waals surface area contributed by atoms with Crippen LogP contribution in [0.3, 0.4) is 0 Å². The Labute approximate surface area is 133 Å². The van der Waals surface area contributed by atoms with Crippen LogP contribution < -0.4 is 0 Å². The van der Waals surface area contributed by atoms with Crippen LogP contribution >= 0.6 is 27.5 Å². The minimum Gasteiger partial charge on any atom is -0.205 e. The van der Waals surface area contributed by atoms with Crippen LogP contribution in [0, 0.1) is 5.92 Å². The second kappa shape index (κ2) is 7.74. The molecular weight excluding hydrogens is 346 g/mol. The smallest absolute Gasteiger partial charge is 0.205 e. The molecule has 1 aromatic rings. The predicted molar refractivity (Wildman–Crippen MR) is 84.1 cm³/mol. The van der Waals surface area contributed by atoms with E-state index in [1.165, 1.54) is 25.7 Å². The van der Waals surface area contributed by atoms with E-state index in [1.54, 1.807) is 12.1 Å². The fourth-order valence-electron chi connectivity index (χ4n) is 3.13. The van der Waals surface area contributed by atoms with E-state index in [9.17, 15) is 8.78 Å². The number of benzene rings is 1. The van der Waals surface area contributed by atoms with Crippen LogP contribution in [-0.4, -0.2) is 5.33 Å². The molecule has 0 bridgehead atoms.